The summed E-state index contributed by atoms with van der Waals surface area (Å²) in [4.78, 5) is 15.4. The van der Waals surface area contributed by atoms with E-state index in [1.165, 1.54) is 16.0 Å². The largest absolute Gasteiger partial charge is 0.333 e. The standard InChI is InChI=1S/C16H22N4OS/c1-12-4-6-22-15(12)9-17-16(21)20-5-3-13(11-20)7-14-8-18-19(2)10-14/h4,6,8,10,13H,3,5,7,9,11H2,1-2H3,(H,17,21)/t13-/m1/s1. The van der Waals surface area contributed by atoms with Crippen molar-refractivity contribution in [3.05, 3.63) is 39.8 Å². The monoisotopic (exact) mass is 318 g/mol. The molecule has 0 aliphatic carbocycles. The molecule has 6 heteroatoms. The zero-order valence-corrected chi connectivity index (χ0v) is 13.9. The fraction of sp³-hybridized carbons (Fsp3) is 0.500. The topological polar surface area (TPSA) is 50.2 Å². The van der Waals surface area contributed by atoms with E-state index in [4.69, 9.17) is 0 Å². The lowest BCUT2D eigenvalue weighted by Gasteiger charge is -2.17. The van der Waals surface area contributed by atoms with Crippen LogP contribution in [0.2, 0.25) is 0 Å². The second-order valence-corrected chi connectivity index (χ2v) is 7.01. The summed E-state index contributed by atoms with van der Waals surface area (Å²) in [5.41, 5.74) is 2.50. The van der Waals surface area contributed by atoms with Crippen molar-refractivity contribution in [2.75, 3.05) is 13.1 Å². The first kappa shape index (κ1) is 15.1. The smallest absolute Gasteiger partial charge is 0.317 e. The summed E-state index contributed by atoms with van der Waals surface area (Å²) in [6.45, 7) is 4.40. The maximum absolute atomic E-state index is 12.3. The molecule has 3 rings (SSSR count). The number of carbonyl (C=O) groups is 1. The number of nitrogens with zero attached hydrogens (tertiary/aromatic N) is 3. The van der Waals surface area contributed by atoms with E-state index in [1.807, 2.05) is 22.8 Å². The Kier molecular flexibility index (Phi) is 4.47. The zero-order chi connectivity index (χ0) is 15.5. The Morgan fingerprint density at radius 2 is 2.41 bits per heavy atom. The van der Waals surface area contributed by atoms with Crippen molar-refractivity contribution in [3.8, 4) is 0 Å². The Bertz CT molecular complexity index is 648. The Morgan fingerprint density at radius 3 is 3.09 bits per heavy atom. The lowest BCUT2D eigenvalue weighted by atomic mass is 10.0. The van der Waals surface area contributed by atoms with E-state index in [-0.39, 0.29) is 6.03 Å². The fourth-order valence-corrected chi connectivity index (χ4v) is 3.79. The number of hydrogen-bond acceptors (Lipinski definition) is 3. The van der Waals surface area contributed by atoms with Crippen LogP contribution in [0.4, 0.5) is 4.79 Å². The van der Waals surface area contributed by atoms with Crippen LogP contribution in [-0.4, -0.2) is 33.8 Å². The van der Waals surface area contributed by atoms with Gasteiger partial charge in [-0.25, -0.2) is 4.79 Å². The minimum absolute atomic E-state index is 0.0569. The van der Waals surface area contributed by atoms with Gasteiger partial charge < -0.3 is 10.2 Å². The van der Waals surface area contributed by atoms with Gasteiger partial charge in [0.25, 0.3) is 0 Å². The molecule has 1 atom stereocenters. The zero-order valence-electron chi connectivity index (χ0n) is 13.1. The van der Waals surface area contributed by atoms with Crippen LogP contribution in [-0.2, 0) is 20.0 Å². The van der Waals surface area contributed by atoms with Gasteiger partial charge in [0.1, 0.15) is 0 Å². The number of likely N-dealkylation sites (tertiary alicyclic amines) is 1. The molecule has 118 valence electrons. The molecular weight excluding hydrogens is 296 g/mol. The third kappa shape index (κ3) is 3.50. The highest BCUT2D eigenvalue weighted by atomic mass is 32.1. The number of urea groups is 1. The predicted octanol–water partition coefficient (Wildman–Crippen LogP) is 2.56. The molecule has 1 saturated heterocycles. The molecule has 5 nitrogen and oxygen atoms in total. The number of thiophene rings is 1. The van der Waals surface area contributed by atoms with E-state index in [9.17, 15) is 4.79 Å². The molecule has 1 aliphatic rings. The molecule has 3 heterocycles. The van der Waals surface area contributed by atoms with E-state index in [2.05, 4.69) is 35.0 Å². The predicted molar refractivity (Wildman–Crippen MR) is 87.9 cm³/mol. The van der Waals surface area contributed by atoms with Crippen molar-refractivity contribution in [2.45, 2.75) is 26.3 Å². The minimum atomic E-state index is 0.0569. The van der Waals surface area contributed by atoms with Crippen molar-refractivity contribution in [3.63, 3.8) is 0 Å². The van der Waals surface area contributed by atoms with Crippen molar-refractivity contribution >= 4 is 17.4 Å². The molecule has 0 saturated carbocycles. The second kappa shape index (κ2) is 6.52. The van der Waals surface area contributed by atoms with Crippen LogP contribution in [0.15, 0.2) is 23.8 Å². The molecule has 0 bridgehead atoms. The number of amides is 2. The van der Waals surface area contributed by atoms with Gasteiger partial charge in [-0.15, -0.1) is 11.3 Å². The van der Waals surface area contributed by atoms with Gasteiger partial charge >= 0.3 is 6.03 Å². The van der Waals surface area contributed by atoms with Crippen LogP contribution in [0, 0.1) is 12.8 Å². The number of hydrogen-bond donors (Lipinski definition) is 1. The van der Waals surface area contributed by atoms with Crippen LogP contribution in [0.25, 0.3) is 0 Å². The average molecular weight is 318 g/mol. The van der Waals surface area contributed by atoms with Gasteiger partial charge in [0.2, 0.25) is 0 Å². The molecule has 0 unspecified atom stereocenters. The second-order valence-electron chi connectivity index (χ2n) is 6.01. The number of carbonyl (C=O) groups excluding carboxylic acids is 1. The lowest BCUT2D eigenvalue weighted by Crippen LogP contribution is -2.38. The molecule has 1 N–H and O–H groups in total. The highest BCUT2D eigenvalue weighted by molar-refractivity contribution is 7.10. The maximum Gasteiger partial charge on any atom is 0.317 e. The van der Waals surface area contributed by atoms with E-state index in [0.717, 1.165) is 25.9 Å². The van der Waals surface area contributed by atoms with Crippen LogP contribution >= 0.6 is 11.3 Å². The Hall–Kier alpha value is -1.82. The fourth-order valence-electron chi connectivity index (χ4n) is 2.95. The SMILES string of the molecule is Cc1ccsc1CNC(=O)N1CC[C@H](Cc2cnn(C)c2)C1. The highest BCUT2D eigenvalue weighted by Crippen LogP contribution is 2.21. The summed E-state index contributed by atoms with van der Waals surface area (Å²) < 4.78 is 1.83. The van der Waals surface area contributed by atoms with Crippen LogP contribution in [0.5, 0.6) is 0 Å². The average Bonchev–Trinajstić information content (AvgIpc) is 3.20. The molecule has 0 radical (unpaired) electrons. The van der Waals surface area contributed by atoms with Crippen molar-refractivity contribution in [1.82, 2.24) is 20.0 Å². The van der Waals surface area contributed by atoms with Crippen LogP contribution < -0.4 is 5.32 Å². The third-order valence-electron chi connectivity index (χ3n) is 4.22. The third-order valence-corrected chi connectivity index (χ3v) is 5.25. The van der Waals surface area contributed by atoms with Gasteiger partial charge in [0.05, 0.1) is 12.7 Å². The van der Waals surface area contributed by atoms with Gasteiger partial charge in [0, 0.05) is 31.2 Å². The van der Waals surface area contributed by atoms with Gasteiger partial charge in [-0.2, -0.15) is 5.10 Å². The summed E-state index contributed by atoms with van der Waals surface area (Å²) in [5.74, 6) is 0.540. The van der Waals surface area contributed by atoms with Crippen molar-refractivity contribution in [1.29, 1.82) is 0 Å². The maximum atomic E-state index is 12.3. The highest BCUT2D eigenvalue weighted by Gasteiger charge is 2.26. The summed E-state index contributed by atoms with van der Waals surface area (Å²) in [5, 5.41) is 9.31. The van der Waals surface area contributed by atoms with Gasteiger partial charge in [0.15, 0.2) is 0 Å². The molecule has 0 aromatic carbocycles. The number of nitrogens with one attached hydrogen (secondary N) is 1. The Morgan fingerprint density at radius 1 is 1.55 bits per heavy atom. The number of aryl methyl sites for hydroxylation is 2. The first-order valence-corrected chi connectivity index (χ1v) is 8.53. The first-order valence-electron chi connectivity index (χ1n) is 7.65. The van der Waals surface area contributed by atoms with Gasteiger partial charge in [-0.05, 0) is 48.3 Å². The molecule has 2 aromatic rings. The van der Waals surface area contributed by atoms with Crippen LogP contribution in [0.3, 0.4) is 0 Å². The molecule has 0 spiro atoms. The molecule has 1 fully saturated rings. The van der Waals surface area contributed by atoms with Crippen molar-refractivity contribution < 1.29 is 4.79 Å². The summed E-state index contributed by atoms with van der Waals surface area (Å²) >= 11 is 1.70. The normalized spacial score (nSPS) is 17.9. The quantitative estimate of drug-likeness (QED) is 0.942. The van der Waals surface area contributed by atoms with Gasteiger partial charge in [-0.3, -0.25) is 4.68 Å². The van der Waals surface area contributed by atoms with Crippen molar-refractivity contribution in [2.24, 2.45) is 13.0 Å². The molecule has 1 aliphatic heterocycles. The number of aromatic nitrogens is 2. The minimum Gasteiger partial charge on any atom is -0.333 e. The summed E-state index contributed by atoms with van der Waals surface area (Å²) in [6, 6.07) is 2.15. The molecule has 2 amide bonds. The van der Waals surface area contributed by atoms with Gasteiger partial charge in [-0.1, -0.05) is 0 Å². The Balaban J connectivity index is 1.47. The lowest BCUT2D eigenvalue weighted by molar-refractivity contribution is 0.206. The van der Waals surface area contributed by atoms with Crippen LogP contribution in [0.1, 0.15) is 22.4 Å². The summed E-state index contributed by atoms with van der Waals surface area (Å²) in [7, 11) is 1.93. The molecule has 2 aromatic heterocycles. The Labute approximate surface area is 134 Å². The first-order chi connectivity index (χ1) is 10.6. The van der Waals surface area contributed by atoms with E-state index in [0.29, 0.717) is 12.5 Å². The molecule has 22 heavy (non-hydrogen) atoms. The number of rotatable bonds is 4. The van der Waals surface area contributed by atoms with E-state index < -0.39 is 0 Å². The van der Waals surface area contributed by atoms with E-state index in [1.54, 1.807) is 11.3 Å². The van der Waals surface area contributed by atoms with E-state index >= 15 is 0 Å². The summed E-state index contributed by atoms with van der Waals surface area (Å²) in [6.07, 6.45) is 6.05. The molecular formula is C16H22N4OS.